The topological polar surface area (TPSA) is 40.6 Å². The van der Waals surface area contributed by atoms with E-state index in [0.29, 0.717) is 36.1 Å². The number of hydrogen-bond acceptors (Lipinski definition) is 4. The molecule has 2 aliphatic heterocycles. The van der Waals surface area contributed by atoms with E-state index in [-0.39, 0.29) is 11.8 Å². The highest BCUT2D eigenvalue weighted by atomic mass is 32.1. The standard InChI is InChI=1S/C28H36N2O2S2/c1-5-9-11-20(8-4)17-30-26(22-12-10-14-34-22)24-23(27(30)31)25(21-13-15-33-18-21)29(28(24)32)16-19(6-2)7-3/h10,12-15,18-20H,5-9,11,16-17H2,1-4H3. The van der Waals surface area contributed by atoms with Crippen molar-refractivity contribution in [2.45, 2.75) is 66.2 Å². The third kappa shape index (κ3) is 4.55. The average Bonchev–Trinajstić information content (AvgIpc) is 3.64. The molecule has 0 bridgehead atoms. The van der Waals surface area contributed by atoms with Gasteiger partial charge in [0.25, 0.3) is 11.8 Å². The Morgan fingerprint density at radius 2 is 1.47 bits per heavy atom. The first-order valence-electron chi connectivity index (χ1n) is 12.7. The van der Waals surface area contributed by atoms with Crippen molar-refractivity contribution in [2.75, 3.05) is 13.1 Å². The average molecular weight is 497 g/mol. The van der Waals surface area contributed by atoms with Gasteiger partial charge in [0.05, 0.1) is 27.4 Å². The van der Waals surface area contributed by atoms with Crippen LogP contribution < -0.4 is 0 Å². The van der Waals surface area contributed by atoms with Crippen molar-refractivity contribution in [3.05, 3.63) is 55.9 Å². The fourth-order valence-corrected chi connectivity index (χ4v) is 6.52. The van der Waals surface area contributed by atoms with Gasteiger partial charge >= 0.3 is 0 Å². The Balaban J connectivity index is 1.85. The summed E-state index contributed by atoms with van der Waals surface area (Å²) >= 11 is 3.22. The summed E-state index contributed by atoms with van der Waals surface area (Å²) in [6, 6.07) is 6.10. The number of nitrogens with zero attached hydrogens (tertiary/aromatic N) is 2. The molecular formula is C28H36N2O2S2. The predicted molar refractivity (Wildman–Crippen MR) is 143 cm³/mol. The van der Waals surface area contributed by atoms with Gasteiger partial charge in [0.15, 0.2) is 0 Å². The van der Waals surface area contributed by atoms with Crippen LogP contribution in [0.3, 0.4) is 0 Å². The summed E-state index contributed by atoms with van der Waals surface area (Å²) in [4.78, 5) is 33.0. The van der Waals surface area contributed by atoms with E-state index >= 15 is 0 Å². The second kappa shape index (κ2) is 11.0. The molecule has 0 spiro atoms. The first-order chi connectivity index (χ1) is 16.5. The van der Waals surface area contributed by atoms with Crippen LogP contribution in [0, 0.1) is 11.8 Å². The van der Waals surface area contributed by atoms with Crippen molar-refractivity contribution in [3.8, 4) is 0 Å². The minimum Gasteiger partial charge on any atom is -0.307 e. The maximum absolute atomic E-state index is 14.1. The molecule has 2 aliphatic rings. The number of hydrogen-bond donors (Lipinski definition) is 0. The van der Waals surface area contributed by atoms with Crippen LogP contribution in [-0.4, -0.2) is 34.7 Å². The molecule has 2 aromatic heterocycles. The molecule has 6 heteroatoms. The summed E-state index contributed by atoms with van der Waals surface area (Å²) in [5.74, 6) is 0.825. The van der Waals surface area contributed by atoms with Gasteiger partial charge in [-0.2, -0.15) is 11.3 Å². The summed E-state index contributed by atoms with van der Waals surface area (Å²) in [5, 5.41) is 6.12. The van der Waals surface area contributed by atoms with E-state index in [4.69, 9.17) is 0 Å². The SMILES string of the molecule is CCCCC(CC)CN1C(=O)C2=C(c3ccsc3)N(CC(CC)CC)C(=O)C2=C1c1cccs1. The fraction of sp³-hybridized carbons (Fsp3) is 0.500. The fourth-order valence-electron chi connectivity index (χ4n) is 5.09. The number of fused-ring (bicyclic) bond motifs is 1. The monoisotopic (exact) mass is 496 g/mol. The lowest BCUT2D eigenvalue weighted by Crippen LogP contribution is -2.34. The lowest BCUT2D eigenvalue weighted by atomic mass is 9.98. The minimum atomic E-state index is -0.0102. The molecule has 4 rings (SSSR count). The summed E-state index contributed by atoms with van der Waals surface area (Å²) in [7, 11) is 0. The number of unbranched alkanes of at least 4 members (excludes halogenated alkanes) is 1. The predicted octanol–water partition coefficient (Wildman–Crippen LogP) is 7.27. The van der Waals surface area contributed by atoms with E-state index in [1.54, 1.807) is 22.7 Å². The van der Waals surface area contributed by atoms with Crippen LogP contribution in [0.2, 0.25) is 0 Å². The van der Waals surface area contributed by atoms with Crippen molar-refractivity contribution in [1.82, 2.24) is 9.80 Å². The molecule has 4 nitrogen and oxygen atoms in total. The molecule has 2 amide bonds. The zero-order valence-corrected chi connectivity index (χ0v) is 22.4. The van der Waals surface area contributed by atoms with Gasteiger partial charge in [0.2, 0.25) is 0 Å². The Kier molecular flexibility index (Phi) is 8.10. The third-order valence-electron chi connectivity index (χ3n) is 7.31. The van der Waals surface area contributed by atoms with E-state index in [1.165, 1.54) is 0 Å². The van der Waals surface area contributed by atoms with Gasteiger partial charge in [0, 0.05) is 24.0 Å². The number of amides is 2. The van der Waals surface area contributed by atoms with E-state index in [9.17, 15) is 9.59 Å². The quantitative estimate of drug-likeness (QED) is 0.310. The molecule has 34 heavy (non-hydrogen) atoms. The second-order valence-electron chi connectivity index (χ2n) is 9.37. The molecule has 4 heterocycles. The second-order valence-corrected chi connectivity index (χ2v) is 11.1. The Morgan fingerprint density at radius 1 is 0.824 bits per heavy atom. The van der Waals surface area contributed by atoms with Crippen molar-refractivity contribution in [3.63, 3.8) is 0 Å². The summed E-state index contributed by atoms with van der Waals surface area (Å²) in [6.07, 6.45) is 6.48. The van der Waals surface area contributed by atoms with Crippen molar-refractivity contribution in [2.24, 2.45) is 11.8 Å². The van der Waals surface area contributed by atoms with Crippen LogP contribution in [0.15, 0.2) is 45.5 Å². The Bertz CT molecular complexity index is 1060. The maximum Gasteiger partial charge on any atom is 0.261 e. The Hall–Kier alpha value is -2.18. The zero-order chi connectivity index (χ0) is 24.2. The maximum atomic E-state index is 14.1. The van der Waals surface area contributed by atoms with Gasteiger partial charge < -0.3 is 9.80 Å². The highest BCUT2D eigenvalue weighted by molar-refractivity contribution is 7.11. The molecule has 0 saturated carbocycles. The van der Waals surface area contributed by atoms with Gasteiger partial charge in [-0.3, -0.25) is 9.59 Å². The molecule has 0 aromatic carbocycles. The van der Waals surface area contributed by atoms with E-state index in [1.807, 2.05) is 38.8 Å². The number of carbonyl (C=O) groups is 2. The Labute approximate surface area is 212 Å². The van der Waals surface area contributed by atoms with Gasteiger partial charge in [-0.25, -0.2) is 0 Å². The van der Waals surface area contributed by atoms with Crippen LogP contribution in [-0.2, 0) is 9.59 Å². The molecule has 2 aromatic rings. The summed E-state index contributed by atoms with van der Waals surface area (Å²) in [5.41, 5.74) is 3.85. The highest BCUT2D eigenvalue weighted by Gasteiger charge is 2.49. The van der Waals surface area contributed by atoms with E-state index in [2.05, 4.69) is 33.1 Å². The summed E-state index contributed by atoms with van der Waals surface area (Å²) in [6.45, 7) is 10.1. The number of thiophene rings is 2. The molecule has 0 fully saturated rings. The first kappa shape index (κ1) is 24.9. The number of carbonyl (C=O) groups excluding carboxylic acids is 2. The zero-order valence-electron chi connectivity index (χ0n) is 20.8. The van der Waals surface area contributed by atoms with Gasteiger partial charge in [0.1, 0.15) is 0 Å². The molecule has 1 unspecified atom stereocenters. The highest BCUT2D eigenvalue weighted by Crippen LogP contribution is 2.48. The lowest BCUT2D eigenvalue weighted by molar-refractivity contribution is -0.124. The molecule has 1 atom stereocenters. The number of rotatable bonds is 12. The lowest BCUT2D eigenvalue weighted by Gasteiger charge is -2.28. The third-order valence-corrected chi connectivity index (χ3v) is 8.87. The van der Waals surface area contributed by atoms with Crippen LogP contribution >= 0.6 is 22.7 Å². The molecular weight excluding hydrogens is 460 g/mol. The largest absolute Gasteiger partial charge is 0.307 e. The molecule has 0 N–H and O–H groups in total. The van der Waals surface area contributed by atoms with Gasteiger partial charge in [-0.15, -0.1) is 11.3 Å². The van der Waals surface area contributed by atoms with E-state index < -0.39 is 0 Å². The molecule has 182 valence electrons. The Morgan fingerprint density at radius 3 is 2.03 bits per heavy atom. The smallest absolute Gasteiger partial charge is 0.261 e. The van der Waals surface area contributed by atoms with Crippen LogP contribution in [0.5, 0.6) is 0 Å². The summed E-state index contributed by atoms with van der Waals surface area (Å²) < 4.78 is 0. The van der Waals surface area contributed by atoms with Crippen molar-refractivity contribution in [1.29, 1.82) is 0 Å². The first-order valence-corrected chi connectivity index (χ1v) is 14.6. The van der Waals surface area contributed by atoms with Crippen molar-refractivity contribution >= 4 is 45.9 Å². The van der Waals surface area contributed by atoms with Crippen molar-refractivity contribution < 1.29 is 9.59 Å². The van der Waals surface area contributed by atoms with Crippen LogP contribution in [0.25, 0.3) is 11.4 Å². The van der Waals surface area contributed by atoms with Gasteiger partial charge in [-0.1, -0.05) is 65.9 Å². The molecule has 0 radical (unpaired) electrons. The molecule has 0 aliphatic carbocycles. The minimum absolute atomic E-state index is 0.00468. The normalized spacial score (nSPS) is 17.1. The van der Waals surface area contributed by atoms with E-state index in [0.717, 1.165) is 60.4 Å². The van der Waals surface area contributed by atoms with Crippen LogP contribution in [0.4, 0.5) is 0 Å². The van der Waals surface area contributed by atoms with Gasteiger partial charge in [-0.05, 0) is 41.1 Å². The molecule has 0 saturated heterocycles. The van der Waals surface area contributed by atoms with Crippen LogP contribution in [0.1, 0.15) is 76.7 Å².